The lowest BCUT2D eigenvalue weighted by molar-refractivity contribution is 0.0600. The van der Waals surface area contributed by atoms with Crippen LogP contribution in [0.4, 0.5) is 0 Å². The Morgan fingerprint density at radius 3 is 2.37 bits per heavy atom. The van der Waals surface area contributed by atoms with Crippen molar-refractivity contribution in [2.45, 2.75) is 6.92 Å². The van der Waals surface area contributed by atoms with Gasteiger partial charge < -0.3 is 9.84 Å². The van der Waals surface area contributed by atoms with Gasteiger partial charge in [-0.1, -0.05) is 29.3 Å². The molecule has 154 valence electrons. The van der Waals surface area contributed by atoms with Gasteiger partial charge in [0.15, 0.2) is 0 Å². The zero-order valence-electron chi connectivity index (χ0n) is 15.9. The number of esters is 1. The first-order valence-electron chi connectivity index (χ1n) is 8.61. The van der Waals surface area contributed by atoms with E-state index in [1.54, 1.807) is 30.5 Å². The lowest BCUT2D eigenvalue weighted by atomic mass is 10.1. The van der Waals surface area contributed by atoms with E-state index >= 15 is 0 Å². The molecular formula is C21H16Cl2N2O4S. The lowest BCUT2D eigenvalue weighted by Gasteiger charge is -2.05. The molecule has 0 radical (unpaired) electrons. The van der Waals surface area contributed by atoms with Crippen LogP contribution in [-0.2, 0) is 4.74 Å². The Bertz CT molecular complexity index is 1140. The number of halogens is 2. The third-order valence-electron chi connectivity index (χ3n) is 4.23. The Morgan fingerprint density at radius 1 is 1.07 bits per heavy atom. The second-order valence-corrected chi connectivity index (χ2v) is 7.86. The summed E-state index contributed by atoms with van der Waals surface area (Å²) < 4.78 is 4.62. The van der Waals surface area contributed by atoms with Crippen LogP contribution >= 0.6 is 34.5 Å². The molecule has 0 aliphatic heterocycles. The fourth-order valence-corrected chi connectivity index (χ4v) is 3.89. The molecule has 0 aliphatic carbocycles. The summed E-state index contributed by atoms with van der Waals surface area (Å²) in [6.45, 7) is 1.67. The number of carbonyl (C=O) groups is 2. The van der Waals surface area contributed by atoms with Crippen LogP contribution in [0.3, 0.4) is 0 Å². The van der Waals surface area contributed by atoms with Gasteiger partial charge in [-0.25, -0.2) is 10.2 Å². The number of rotatable bonds is 5. The van der Waals surface area contributed by atoms with Crippen LogP contribution in [0.5, 0.6) is 5.75 Å². The van der Waals surface area contributed by atoms with Crippen LogP contribution in [0.2, 0.25) is 10.0 Å². The number of ether oxygens (including phenoxy) is 1. The van der Waals surface area contributed by atoms with Crippen LogP contribution in [0.25, 0.3) is 10.4 Å². The van der Waals surface area contributed by atoms with Crippen molar-refractivity contribution in [2.24, 2.45) is 5.10 Å². The second-order valence-electron chi connectivity index (χ2n) is 6.16. The van der Waals surface area contributed by atoms with Gasteiger partial charge in [0.1, 0.15) is 5.75 Å². The van der Waals surface area contributed by atoms with E-state index in [2.05, 4.69) is 15.3 Å². The molecule has 9 heteroatoms. The summed E-state index contributed by atoms with van der Waals surface area (Å²) in [5.74, 6) is -0.900. The highest BCUT2D eigenvalue weighted by Crippen LogP contribution is 2.40. The SMILES string of the molecule is COC(=O)c1ccc(C(=O)N/N=C(/C)c2csc(-c3ccc(Cl)c(Cl)c3)c2O)cc1. The molecule has 0 atom stereocenters. The molecule has 0 aliphatic rings. The Labute approximate surface area is 186 Å². The summed E-state index contributed by atoms with van der Waals surface area (Å²) >= 11 is 13.3. The van der Waals surface area contributed by atoms with Crippen LogP contribution in [0.1, 0.15) is 33.2 Å². The molecule has 1 aromatic heterocycles. The molecule has 30 heavy (non-hydrogen) atoms. The van der Waals surface area contributed by atoms with Crippen LogP contribution < -0.4 is 5.43 Å². The summed E-state index contributed by atoms with van der Waals surface area (Å²) in [7, 11) is 1.28. The molecule has 0 bridgehead atoms. The largest absolute Gasteiger partial charge is 0.506 e. The minimum Gasteiger partial charge on any atom is -0.506 e. The van der Waals surface area contributed by atoms with Gasteiger partial charge in [0.05, 0.1) is 38.9 Å². The van der Waals surface area contributed by atoms with Gasteiger partial charge in [0.25, 0.3) is 5.91 Å². The molecule has 1 amide bonds. The zero-order valence-corrected chi connectivity index (χ0v) is 18.2. The third-order valence-corrected chi connectivity index (χ3v) is 5.99. The number of nitrogens with zero attached hydrogens (tertiary/aromatic N) is 1. The van der Waals surface area contributed by atoms with Crippen molar-refractivity contribution in [3.63, 3.8) is 0 Å². The molecular weight excluding hydrogens is 447 g/mol. The van der Waals surface area contributed by atoms with Gasteiger partial charge in [-0.2, -0.15) is 5.10 Å². The number of aromatic hydroxyl groups is 1. The van der Waals surface area contributed by atoms with Crippen molar-refractivity contribution >= 4 is 52.1 Å². The normalized spacial score (nSPS) is 11.3. The van der Waals surface area contributed by atoms with Crippen molar-refractivity contribution < 1.29 is 19.4 Å². The Morgan fingerprint density at radius 2 is 1.73 bits per heavy atom. The van der Waals surface area contributed by atoms with Gasteiger partial charge in [0, 0.05) is 10.9 Å². The minimum atomic E-state index is -0.485. The number of amides is 1. The summed E-state index contributed by atoms with van der Waals surface area (Å²) in [4.78, 5) is 24.4. The van der Waals surface area contributed by atoms with E-state index in [-0.39, 0.29) is 5.75 Å². The van der Waals surface area contributed by atoms with Crippen molar-refractivity contribution in [3.05, 3.63) is 74.6 Å². The molecule has 1 heterocycles. The maximum absolute atomic E-state index is 12.3. The molecule has 0 saturated heterocycles. The highest BCUT2D eigenvalue weighted by Gasteiger charge is 2.16. The number of nitrogens with one attached hydrogen (secondary N) is 1. The lowest BCUT2D eigenvalue weighted by Crippen LogP contribution is -2.19. The molecule has 0 saturated carbocycles. The first-order valence-corrected chi connectivity index (χ1v) is 10.2. The van der Waals surface area contributed by atoms with Gasteiger partial charge >= 0.3 is 5.97 Å². The van der Waals surface area contributed by atoms with Gasteiger partial charge in [0.2, 0.25) is 0 Å². The maximum Gasteiger partial charge on any atom is 0.337 e. The zero-order chi connectivity index (χ0) is 21.8. The minimum absolute atomic E-state index is 0.0383. The van der Waals surface area contributed by atoms with E-state index in [9.17, 15) is 14.7 Å². The predicted octanol–water partition coefficient (Wildman–Crippen LogP) is 5.37. The molecule has 6 nitrogen and oxygen atoms in total. The number of hydrazone groups is 1. The first kappa shape index (κ1) is 21.8. The van der Waals surface area contributed by atoms with Gasteiger partial charge in [-0.15, -0.1) is 11.3 Å². The predicted molar refractivity (Wildman–Crippen MR) is 119 cm³/mol. The highest BCUT2D eigenvalue weighted by atomic mass is 35.5. The number of methoxy groups -OCH3 is 1. The van der Waals surface area contributed by atoms with Crippen molar-refractivity contribution in [3.8, 4) is 16.2 Å². The molecule has 0 spiro atoms. The smallest absolute Gasteiger partial charge is 0.337 e. The summed E-state index contributed by atoms with van der Waals surface area (Å²) in [5, 5.41) is 17.2. The maximum atomic E-state index is 12.3. The fourth-order valence-electron chi connectivity index (χ4n) is 2.59. The Kier molecular flexibility index (Phi) is 6.77. The molecule has 0 unspecified atom stereocenters. The number of thiophene rings is 1. The monoisotopic (exact) mass is 462 g/mol. The average molecular weight is 463 g/mol. The molecule has 2 N–H and O–H groups in total. The summed E-state index contributed by atoms with van der Waals surface area (Å²) in [6.07, 6.45) is 0. The number of hydrogen-bond donors (Lipinski definition) is 2. The van der Waals surface area contributed by atoms with E-state index in [0.29, 0.717) is 37.3 Å². The fraction of sp³-hybridized carbons (Fsp3) is 0.0952. The number of hydrogen-bond acceptors (Lipinski definition) is 6. The number of benzene rings is 2. The molecule has 0 fully saturated rings. The average Bonchev–Trinajstić information content (AvgIpc) is 3.14. The molecule has 3 rings (SSSR count). The van der Waals surface area contributed by atoms with E-state index in [1.165, 1.54) is 42.7 Å². The van der Waals surface area contributed by atoms with Gasteiger partial charge in [-0.05, 0) is 48.9 Å². The van der Waals surface area contributed by atoms with Gasteiger partial charge in [-0.3, -0.25) is 4.79 Å². The number of carbonyl (C=O) groups excluding carboxylic acids is 2. The third kappa shape index (κ3) is 4.64. The quantitative estimate of drug-likeness (QED) is 0.303. The summed E-state index contributed by atoms with van der Waals surface area (Å²) in [6, 6.07) is 11.1. The van der Waals surface area contributed by atoms with E-state index in [1.807, 2.05) is 0 Å². The van der Waals surface area contributed by atoms with Crippen molar-refractivity contribution in [1.82, 2.24) is 5.43 Å². The van der Waals surface area contributed by atoms with E-state index in [4.69, 9.17) is 23.2 Å². The molecule has 2 aromatic carbocycles. The van der Waals surface area contributed by atoms with E-state index in [0.717, 1.165) is 5.56 Å². The van der Waals surface area contributed by atoms with Crippen molar-refractivity contribution in [2.75, 3.05) is 7.11 Å². The Hall–Kier alpha value is -2.87. The summed E-state index contributed by atoms with van der Waals surface area (Å²) in [5.41, 5.74) is 4.74. The van der Waals surface area contributed by atoms with Crippen LogP contribution in [0.15, 0.2) is 52.9 Å². The van der Waals surface area contributed by atoms with Crippen LogP contribution in [0, 0.1) is 0 Å². The highest BCUT2D eigenvalue weighted by molar-refractivity contribution is 7.14. The molecule has 3 aromatic rings. The second kappa shape index (κ2) is 9.30. The van der Waals surface area contributed by atoms with Crippen LogP contribution in [-0.4, -0.2) is 29.8 Å². The topological polar surface area (TPSA) is 88.0 Å². The van der Waals surface area contributed by atoms with E-state index < -0.39 is 11.9 Å². The Balaban J connectivity index is 1.76. The first-order chi connectivity index (χ1) is 14.3. The van der Waals surface area contributed by atoms with Crippen molar-refractivity contribution in [1.29, 1.82) is 0 Å². The standard InChI is InChI=1S/C21H16Cl2N2O4S/c1-11(24-25-20(27)12-3-5-13(6-4-12)21(28)29-2)15-10-30-19(18(15)26)14-7-8-16(22)17(23)9-14/h3-10,26H,1-2H3,(H,25,27)/b24-11-.